The maximum atomic E-state index is 12.5. The molecule has 1 heterocycles. The highest BCUT2D eigenvalue weighted by atomic mass is 35.5. The fourth-order valence-electron chi connectivity index (χ4n) is 2.96. The summed E-state index contributed by atoms with van der Waals surface area (Å²) in [6.07, 6.45) is 3.35. The lowest BCUT2D eigenvalue weighted by molar-refractivity contribution is 0.102. The number of aromatic nitrogens is 2. The Labute approximate surface area is 190 Å². The molecular weight excluding hydrogens is 426 g/mol. The van der Waals surface area contributed by atoms with Crippen LogP contribution in [0.3, 0.4) is 0 Å². The molecule has 0 saturated heterocycles. The molecule has 0 fully saturated rings. The van der Waals surface area contributed by atoms with E-state index in [-0.39, 0.29) is 11.9 Å². The molecule has 3 aromatic carbocycles. The molecule has 1 amide bonds. The minimum atomic E-state index is -0.212. The Morgan fingerprint density at radius 3 is 2.16 bits per heavy atom. The standard InChI is InChI=1S/C25H20ClN3O3/c1-16-3-8-20(13-23(16)26)29-24(30)18-6-4-17(5-7-18)19-14-27-25(28-15-19)32-22-11-9-21(31-2)10-12-22/h3-15H,1-2H3,(H,29,30). The number of anilines is 1. The number of ether oxygens (including phenoxy) is 2. The summed E-state index contributed by atoms with van der Waals surface area (Å²) in [5.74, 6) is 1.15. The molecule has 160 valence electrons. The van der Waals surface area contributed by atoms with Gasteiger partial charge in [0.05, 0.1) is 7.11 Å². The van der Waals surface area contributed by atoms with E-state index in [0.717, 1.165) is 22.4 Å². The van der Waals surface area contributed by atoms with Crippen LogP contribution in [0.2, 0.25) is 5.02 Å². The predicted molar refractivity (Wildman–Crippen MR) is 125 cm³/mol. The van der Waals surface area contributed by atoms with Crippen molar-refractivity contribution >= 4 is 23.2 Å². The molecule has 1 aromatic heterocycles. The molecule has 0 aliphatic heterocycles. The number of benzene rings is 3. The first kappa shape index (κ1) is 21.3. The number of nitrogens with one attached hydrogen (secondary N) is 1. The zero-order valence-corrected chi connectivity index (χ0v) is 18.3. The Kier molecular flexibility index (Phi) is 6.33. The number of halogens is 1. The molecule has 0 unspecified atom stereocenters. The van der Waals surface area contributed by atoms with Crippen LogP contribution in [0, 0.1) is 6.92 Å². The minimum absolute atomic E-state index is 0.212. The van der Waals surface area contributed by atoms with Gasteiger partial charge in [0.1, 0.15) is 11.5 Å². The quantitative estimate of drug-likeness (QED) is 0.385. The predicted octanol–water partition coefficient (Wildman–Crippen LogP) is 6.16. The maximum Gasteiger partial charge on any atom is 0.321 e. The van der Waals surface area contributed by atoms with Gasteiger partial charge < -0.3 is 14.8 Å². The zero-order valence-electron chi connectivity index (χ0n) is 17.5. The number of aryl methyl sites for hydroxylation is 1. The third-order valence-corrected chi connectivity index (χ3v) is 5.21. The summed E-state index contributed by atoms with van der Waals surface area (Å²) in [7, 11) is 1.61. The van der Waals surface area contributed by atoms with E-state index in [1.807, 2.05) is 31.2 Å². The van der Waals surface area contributed by atoms with Crippen LogP contribution in [0.1, 0.15) is 15.9 Å². The van der Waals surface area contributed by atoms with Crippen LogP contribution >= 0.6 is 11.6 Å². The van der Waals surface area contributed by atoms with E-state index < -0.39 is 0 Å². The molecule has 7 heteroatoms. The molecule has 0 spiro atoms. The summed E-state index contributed by atoms with van der Waals surface area (Å²) < 4.78 is 10.8. The SMILES string of the molecule is COc1ccc(Oc2ncc(-c3ccc(C(=O)Nc4ccc(C)c(Cl)c4)cc3)cn2)cc1. The van der Waals surface area contributed by atoms with Crippen molar-refractivity contribution < 1.29 is 14.3 Å². The van der Waals surface area contributed by atoms with Gasteiger partial charge in [0.2, 0.25) is 0 Å². The monoisotopic (exact) mass is 445 g/mol. The molecule has 0 aliphatic rings. The van der Waals surface area contributed by atoms with E-state index in [1.165, 1.54) is 0 Å². The maximum absolute atomic E-state index is 12.5. The van der Waals surface area contributed by atoms with Crippen LogP contribution in [0.15, 0.2) is 79.1 Å². The van der Waals surface area contributed by atoms with Gasteiger partial charge in [-0.25, -0.2) is 9.97 Å². The Balaban J connectivity index is 1.41. The number of rotatable bonds is 6. The van der Waals surface area contributed by atoms with Crippen molar-refractivity contribution in [2.45, 2.75) is 6.92 Å². The molecule has 6 nitrogen and oxygen atoms in total. The second-order valence-corrected chi connectivity index (χ2v) is 7.43. The van der Waals surface area contributed by atoms with E-state index in [0.29, 0.717) is 22.0 Å². The summed E-state index contributed by atoms with van der Waals surface area (Å²) in [6.45, 7) is 1.91. The van der Waals surface area contributed by atoms with Crippen molar-refractivity contribution in [2.24, 2.45) is 0 Å². The second kappa shape index (κ2) is 9.49. The summed E-state index contributed by atoms with van der Waals surface area (Å²) >= 11 is 6.12. The molecule has 32 heavy (non-hydrogen) atoms. The molecule has 0 aliphatic carbocycles. The minimum Gasteiger partial charge on any atom is -0.497 e. The van der Waals surface area contributed by atoms with Crippen LogP contribution in [-0.4, -0.2) is 23.0 Å². The normalized spacial score (nSPS) is 10.5. The first-order valence-electron chi connectivity index (χ1n) is 9.84. The second-order valence-electron chi connectivity index (χ2n) is 7.03. The molecule has 0 bridgehead atoms. The van der Waals surface area contributed by atoms with Gasteiger partial charge in [-0.3, -0.25) is 4.79 Å². The summed E-state index contributed by atoms with van der Waals surface area (Å²) in [5.41, 5.74) is 3.83. The molecule has 1 N–H and O–H groups in total. The zero-order chi connectivity index (χ0) is 22.5. The summed E-state index contributed by atoms with van der Waals surface area (Å²) in [4.78, 5) is 21.0. The average molecular weight is 446 g/mol. The molecular formula is C25H20ClN3O3. The lowest BCUT2D eigenvalue weighted by atomic mass is 10.1. The van der Waals surface area contributed by atoms with Crippen molar-refractivity contribution in [3.05, 3.63) is 95.3 Å². The fraction of sp³-hybridized carbons (Fsp3) is 0.0800. The Morgan fingerprint density at radius 1 is 0.875 bits per heavy atom. The average Bonchev–Trinajstić information content (AvgIpc) is 2.82. The van der Waals surface area contributed by atoms with Gasteiger partial charge in [-0.1, -0.05) is 29.8 Å². The van der Waals surface area contributed by atoms with Gasteiger partial charge in [-0.05, 0) is 66.6 Å². The lowest BCUT2D eigenvalue weighted by Gasteiger charge is -2.08. The molecule has 0 saturated carbocycles. The first-order valence-corrected chi connectivity index (χ1v) is 10.2. The van der Waals surface area contributed by atoms with E-state index in [9.17, 15) is 4.79 Å². The number of hydrogen-bond acceptors (Lipinski definition) is 5. The summed E-state index contributed by atoms with van der Waals surface area (Å²) in [6, 6.07) is 20.0. The lowest BCUT2D eigenvalue weighted by Crippen LogP contribution is -2.11. The van der Waals surface area contributed by atoms with Gasteiger partial charge in [0, 0.05) is 34.2 Å². The molecule has 0 radical (unpaired) electrons. The van der Waals surface area contributed by atoms with Crippen molar-refractivity contribution in [1.29, 1.82) is 0 Å². The van der Waals surface area contributed by atoms with Crippen molar-refractivity contribution in [3.8, 4) is 28.6 Å². The van der Waals surface area contributed by atoms with Gasteiger partial charge >= 0.3 is 6.01 Å². The number of carbonyl (C=O) groups excluding carboxylic acids is 1. The number of methoxy groups -OCH3 is 1. The third-order valence-electron chi connectivity index (χ3n) is 4.81. The Hall–Kier alpha value is -3.90. The Bertz CT molecular complexity index is 1230. The van der Waals surface area contributed by atoms with Gasteiger partial charge in [0.15, 0.2) is 0 Å². The van der Waals surface area contributed by atoms with E-state index in [1.54, 1.807) is 62.0 Å². The number of nitrogens with zero attached hydrogens (tertiary/aromatic N) is 2. The number of hydrogen-bond donors (Lipinski definition) is 1. The largest absolute Gasteiger partial charge is 0.497 e. The Morgan fingerprint density at radius 2 is 1.53 bits per heavy atom. The van der Waals surface area contributed by atoms with Crippen LogP contribution in [0.4, 0.5) is 5.69 Å². The summed E-state index contributed by atoms with van der Waals surface area (Å²) in [5, 5.41) is 3.46. The van der Waals surface area contributed by atoms with Gasteiger partial charge in [-0.15, -0.1) is 0 Å². The topological polar surface area (TPSA) is 73.3 Å². The fourth-order valence-corrected chi connectivity index (χ4v) is 3.14. The van der Waals surface area contributed by atoms with Gasteiger partial charge in [-0.2, -0.15) is 0 Å². The highest BCUT2D eigenvalue weighted by Gasteiger charge is 2.09. The van der Waals surface area contributed by atoms with Gasteiger partial charge in [0.25, 0.3) is 5.91 Å². The molecule has 4 aromatic rings. The first-order chi connectivity index (χ1) is 15.5. The highest BCUT2D eigenvalue weighted by Crippen LogP contribution is 2.24. The van der Waals surface area contributed by atoms with Crippen LogP contribution < -0.4 is 14.8 Å². The third kappa shape index (κ3) is 5.04. The van der Waals surface area contributed by atoms with Crippen molar-refractivity contribution in [3.63, 3.8) is 0 Å². The van der Waals surface area contributed by atoms with Crippen LogP contribution in [-0.2, 0) is 0 Å². The van der Waals surface area contributed by atoms with E-state index in [4.69, 9.17) is 21.1 Å². The highest BCUT2D eigenvalue weighted by molar-refractivity contribution is 6.31. The van der Waals surface area contributed by atoms with E-state index >= 15 is 0 Å². The van der Waals surface area contributed by atoms with Crippen molar-refractivity contribution in [1.82, 2.24) is 9.97 Å². The molecule has 4 rings (SSSR count). The smallest absolute Gasteiger partial charge is 0.321 e. The van der Waals surface area contributed by atoms with Crippen LogP contribution in [0.25, 0.3) is 11.1 Å². The number of carbonyl (C=O) groups is 1. The number of amides is 1. The van der Waals surface area contributed by atoms with E-state index in [2.05, 4.69) is 15.3 Å². The molecule has 0 atom stereocenters. The van der Waals surface area contributed by atoms with Crippen molar-refractivity contribution in [2.75, 3.05) is 12.4 Å². The van der Waals surface area contributed by atoms with Crippen LogP contribution in [0.5, 0.6) is 17.5 Å².